The van der Waals surface area contributed by atoms with Crippen molar-refractivity contribution in [3.8, 4) is 0 Å². The summed E-state index contributed by atoms with van der Waals surface area (Å²) in [7, 11) is 0. The van der Waals surface area contributed by atoms with Crippen LogP contribution in [0, 0.1) is 0 Å². The Morgan fingerprint density at radius 3 is 2.45 bits per heavy atom. The van der Waals surface area contributed by atoms with Crippen LogP contribution in [0.25, 0.3) is 0 Å². The Bertz CT molecular complexity index is 275. The van der Waals surface area contributed by atoms with Gasteiger partial charge in [0, 0.05) is 4.90 Å². The normalized spacial score (nSPS) is 10.1. The summed E-state index contributed by atoms with van der Waals surface area (Å²) < 4.78 is 0. The molecule has 1 rings (SSSR count). The van der Waals surface area contributed by atoms with Crippen LogP contribution in [0.2, 0.25) is 10.0 Å². The van der Waals surface area contributed by atoms with Gasteiger partial charge in [-0.15, -0.1) is 11.8 Å². The molecule has 1 aromatic rings. The fraction of sp³-hybridized carbons (Fsp3) is 0.143. The van der Waals surface area contributed by atoms with E-state index in [-0.39, 0.29) is 0 Å². The number of halogens is 2. The van der Waals surface area contributed by atoms with E-state index < -0.39 is 0 Å². The molecule has 60 valence electrons. The van der Waals surface area contributed by atoms with Gasteiger partial charge in [-0.2, -0.15) is 0 Å². The van der Waals surface area contributed by atoms with Crippen molar-refractivity contribution in [1.29, 1.82) is 0 Å². The molecule has 2 N–H and O–H groups in total. The summed E-state index contributed by atoms with van der Waals surface area (Å²) in [5.74, 6) is 0. The van der Waals surface area contributed by atoms with Gasteiger partial charge in [-0.05, 0) is 18.4 Å². The first kappa shape index (κ1) is 9.04. The number of nitrogen functional groups attached to an aromatic ring is 1. The molecule has 0 aromatic heterocycles. The SMILES string of the molecule is CSc1cc(Cl)c(N)cc1Cl. The summed E-state index contributed by atoms with van der Waals surface area (Å²) >= 11 is 13.2. The molecule has 1 nitrogen and oxygen atoms in total. The van der Waals surface area contributed by atoms with Crippen LogP contribution < -0.4 is 5.73 Å². The number of thioether (sulfide) groups is 1. The molecule has 11 heavy (non-hydrogen) atoms. The highest BCUT2D eigenvalue weighted by Gasteiger charge is 2.02. The first-order valence-corrected chi connectivity index (χ1v) is 4.91. The molecule has 0 aliphatic rings. The molecule has 0 spiro atoms. The van der Waals surface area contributed by atoms with Gasteiger partial charge in [0.15, 0.2) is 0 Å². The Morgan fingerprint density at radius 2 is 1.91 bits per heavy atom. The Hall–Kier alpha value is -0.0500. The van der Waals surface area contributed by atoms with E-state index in [0.717, 1.165) is 4.90 Å². The first-order chi connectivity index (χ1) is 5.15. The third-order valence-corrected chi connectivity index (χ3v) is 2.80. The lowest BCUT2D eigenvalue weighted by atomic mass is 10.3. The second kappa shape index (κ2) is 3.57. The van der Waals surface area contributed by atoms with Gasteiger partial charge >= 0.3 is 0 Å². The van der Waals surface area contributed by atoms with E-state index in [1.54, 1.807) is 23.9 Å². The molecular formula is C7H7Cl2NS. The zero-order chi connectivity index (χ0) is 8.43. The number of rotatable bonds is 1. The monoisotopic (exact) mass is 207 g/mol. The average molecular weight is 208 g/mol. The topological polar surface area (TPSA) is 26.0 Å². The third-order valence-electron chi connectivity index (χ3n) is 1.27. The molecule has 0 radical (unpaired) electrons. The maximum Gasteiger partial charge on any atom is 0.0647 e. The predicted molar refractivity (Wildman–Crippen MR) is 52.7 cm³/mol. The first-order valence-electron chi connectivity index (χ1n) is 2.93. The third kappa shape index (κ3) is 1.95. The Labute approximate surface area is 79.9 Å². The van der Waals surface area contributed by atoms with E-state index >= 15 is 0 Å². The molecule has 0 saturated heterocycles. The maximum absolute atomic E-state index is 5.84. The zero-order valence-corrected chi connectivity index (χ0v) is 8.22. The lowest BCUT2D eigenvalue weighted by Gasteiger charge is -2.03. The van der Waals surface area contributed by atoms with E-state index in [4.69, 9.17) is 28.9 Å². The fourth-order valence-corrected chi connectivity index (χ4v) is 1.82. The summed E-state index contributed by atoms with van der Waals surface area (Å²) in [6.07, 6.45) is 1.94. The van der Waals surface area contributed by atoms with Gasteiger partial charge in [0.25, 0.3) is 0 Å². The van der Waals surface area contributed by atoms with Crippen molar-refractivity contribution in [2.75, 3.05) is 12.0 Å². The van der Waals surface area contributed by atoms with Crippen LogP contribution in [-0.4, -0.2) is 6.26 Å². The number of hydrogen-bond donors (Lipinski definition) is 1. The quantitative estimate of drug-likeness (QED) is 0.566. The minimum absolute atomic E-state index is 0.523. The minimum atomic E-state index is 0.523. The summed E-state index contributed by atoms with van der Waals surface area (Å²) in [5, 5.41) is 1.21. The van der Waals surface area contributed by atoms with Gasteiger partial charge in [-0.25, -0.2) is 0 Å². The lowest BCUT2D eigenvalue weighted by molar-refractivity contribution is 1.47. The summed E-state index contributed by atoms with van der Waals surface area (Å²) in [6, 6.07) is 3.43. The van der Waals surface area contributed by atoms with Gasteiger partial charge in [0.05, 0.1) is 15.7 Å². The van der Waals surface area contributed by atoms with Crippen LogP contribution in [-0.2, 0) is 0 Å². The van der Waals surface area contributed by atoms with Crippen LogP contribution in [0.15, 0.2) is 17.0 Å². The van der Waals surface area contributed by atoms with Crippen LogP contribution >= 0.6 is 35.0 Å². The zero-order valence-electron chi connectivity index (χ0n) is 5.90. The van der Waals surface area contributed by atoms with Gasteiger partial charge in [-0.3, -0.25) is 0 Å². The molecular weight excluding hydrogens is 201 g/mol. The second-order valence-electron chi connectivity index (χ2n) is 2.01. The molecule has 0 amide bonds. The second-order valence-corrected chi connectivity index (χ2v) is 3.67. The Balaban J connectivity index is 3.21. The van der Waals surface area contributed by atoms with Crippen molar-refractivity contribution >= 4 is 40.7 Å². The highest BCUT2D eigenvalue weighted by molar-refractivity contribution is 7.98. The van der Waals surface area contributed by atoms with E-state index in [9.17, 15) is 0 Å². The molecule has 0 fully saturated rings. The molecule has 0 unspecified atom stereocenters. The highest BCUT2D eigenvalue weighted by atomic mass is 35.5. The molecule has 0 saturated carbocycles. The number of benzene rings is 1. The molecule has 0 aliphatic carbocycles. The molecule has 0 atom stereocenters. The summed E-state index contributed by atoms with van der Waals surface area (Å²) in [6.45, 7) is 0. The largest absolute Gasteiger partial charge is 0.397 e. The van der Waals surface area contributed by atoms with Gasteiger partial charge in [0.2, 0.25) is 0 Å². The van der Waals surface area contributed by atoms with Crippen molar-refractivity contribution in [1.82, 2.24) is 0 Å². The van der Waals surface area contributed by atoms with Crippen molar-refractivity contribution in [2.45, 2.75) is 4.90 Å². The molecule has 4 heteroatoms. The maximum atomic E-state index is 5.84. The van der Waals surface area contributed by atoms with Crippen molar-refractivity contribution in [3.63, 3.8) is 0 Å². The Morgan fingerprint density at radius 1 is 1.27 bits per heavy atom. The number of nitrogens with two attached hydrogens (primary N) is 1. The Kier molecular flexibility index (Phi) is 2.93. The summed E-state index contributed by atoms with van der Waals surface area (Å²) in [4.78, 5) is 0.950. The van der Waals surface area contributed by atoms with Crippen LogP contribution in [0.5, 0.6) is 0 Å². The van der Waals surface area contributed by atoms with E-state index in [1.807, 2.05) is 6.26 Å². The standard InChI is InChI=1S/C7H7Cl2NS/c1-11-7-3-4(8)6(10)2-5(7)9/h2-3H,10H2,1H3. The minimum Gasteiger partial charge on any atom is -0.397 e. The van der Waals surface area contributed by atoms with Gasteiger partial charge in [-0.1, -0.05) is 23.2 Å². The fourth-order valence-electron chi connectivity index (χ4n) is 0.700. The molecule has 0 aliphatic heterocycles. The number of hydrogen-bond acceptors (Lipinski definition) is 2. The van der Waals surface area contributed by atoms with Gasteiger partial charge < -0.3 is 5.73 Å². The summed E-state index contributed by atoms with van der Waals surface area (Å²) in [5.41, 5.74) is 6.04. The smallest absolute Gasteiger partial charge is 0.0647 e. The average Bonchev–Trinajstić information content (AvgIpc) is 1.97. The van der Waals surface area contributed by atoms with E-state index in [0.29, 0.717) is 15.7 Å². The van der Waals surface area contributed by atoms with E-state index in [1.165, 1.54) is 0 Å². The van der Waals surface area contributed by atoms with Crippen LogP contribution in [0.4, 0.5) is 5.69 Å². The molecule has 0 heterocycles. The van der Waals surface area contributed by atoms with Crippen LogP contribution in [0.1, 0.15) is 0 Å². The predicted octanol–water partition coefficient (Wildman–Crippen LogP) is 3.30. The van der Waals surface area contributed by atoms with Crippen molar-refractivity contribution in [2.24, 2.45) is 0 Å². The highest BCUT2D eigenvalue weighted by Crippen LogP contribution is 2.32. The van der Waals surface area contributed by atoms with Crippen molar-refractivity contribution < 1.29 is 0 Å². The molecule has 1 aromatic carbocycles. The lowest BCUT2D eigenvalue weighted by Crippen LogP contribution is -1.86. The molecule has 0 bridgehead atoms. The van der Waals surface area contributed by atoms with Crippen molar-refractivity contribution in [3.05, 3.63) is 22.2 Å². The van der Waals surface area contributed by atoms with E-state index in [2.05, 4.69) is 0 Å². The number of anilines is 1. The van der Waals surface area contributed by atoms with Gasteiger partial charge in [0.1, 0.15) is 0 Å². The van der Waals surface area contributed by atoms with Crippen LogP contribution in [0.3, 0.4) is 0 Å².